The third-order valence-corrected chi connectivity index (χ3v) is 1.30. The van der Waals surface area contributed by atoms with E-state index < -0.39 is 0 Å². The first-order valence-corrected chi connectivity index (χ1v) is 4.34. The summed E-state index contributed by atoms with van der Waals surface area (Å²) >= 11 is 0. The van der Waals surface area contributed by atoms with Crippen LogP contribution >= 0.6 is 0 Å². The minimum Gasteiger partial charge on any atom is -0.370 e. The van der Waals surface area contributed by atoms with E-state index in [2.05, 4.69) is 24.2 Å². The van der Waals surface area contributed by atoms with Gasteiger partial charge in [0, 0.05) is 19.5 Å². The Kier molecular flexibility index (Phi) is 5.67. The Bertz CT molecular complexity index is 189. The lowest BCUT2D eigenvalue weighted by Crippen LogP contribution is -2.34. The van der Waals surface area contributed by atoms with Gasteiger partial charge >= 0.3 is 0 Å². The molecule has 5 heteroatoms. The normalized spacial score (nSPS) is 11.8. The summed E-state index contributed by atoms with van der Waals surface area (Å²) in [5.41, 5.74) is 10.4. The van der Waals surface area contributed by atoms with Crippen LogP contribution in [0.2, 0.25) is 0 Å². The van der Waals surface area contributed by atoms with Gasteiger partial charge < -0.3 is 16.8 Å². The van der Waals surface area contributed by atoms with Gasteiger partial charge in [-0.1, -0.05) is 13.8 Å². The number of aliphatic imine (C=N–C) groups is 1. The highest BCUT2D eigenvalue weighted by molar-refractivity contribution is 5.79. The van der Waals surface area contributed by atoms with Gasteiger partial charge in [0.15, 0.2) is 5.96 Å². The van der Waals surface area contributed by atoms with Crippen molar-refractivity contribution in [2.45, 2.75) is 20.3 Å². The number of nitrogens with two attached hydrogens (primary N) is 2. The maximum Gasteiger partial charge on any atom is 0.219 e. The molecule has 0 aromatic rings. The number of amides is 1. The molecule has 5 nitrogen and oxygen atoms in total. The minimum absolute atomic E-state index is 0.276. The van der Waals surface area contributed by atoms with E-state index in [9.17, 15) is 4.79 Å². The summed E-state index contributed by atoms with van der Waals surface area (Å²) in [6.45, 7) is 5.25. The quantitative estimate of drug-likeness (QED) is 0.396. The van der Waals surface area contributed by atoms with Crippen molar-refractivity contribution in [2.75, 3.05) is 13.1 Å². The molecule has 0 atom stereocenters. The Morgan fingerprint density at radius 3 is 2.54 bits per heavy atom. The van der Waals surface area contributed by atoms with E-state index in [4.69, 9.17) is 11.5 Å². The molecule has 0 rings (SSSR count). The summed E-state index contributed by atoms with van der Waals surface area (Å²) in [4.78, 5) is 14.4. The van der Waals surface area contributed by atoms with Gasteiger partial charge in [0.05, 0.1) is 0 Å². The van der Waals surface area contributed by atoms with Crippen LogP contribution in [0.15, 0.2) is 4.99 Å². The van der Waals surface area contributed by atoms with Crippen molar-refractivity contribution >= 4 is 11.9 Å². The first kappa shape index (κ1) is 11.7. The van der Waals surface area contributed by atoms with Crippen LogP contribution in [-0.2, 0) is 4.79 Å². The Morgan fingerprint density at radius 1 is 1.46 bits per heavy atom. The molecule has 0 bridgehead atoms. The summed E-state index contributed by atoms with van der Waals surface area (Å²) in [5, 5.41) is 2.80. The molecule has 0 aliphatic rings. The van der Waals surface area contributed by atoms with Gasteiger partial charge in [-0.15, -0.1) is 0 Å². The molecule has 0 radical (unpaired) electrons. The first-order valence-electron chi connectivity index (χ1n) is 4.34. The number of nitrogens with one attached hydrogen (secondary N) is 1. The van der Waals surface area contributed by atoms with E-state index >= 15 is 0 Å². The standard InChI is InChI=1S/C8H18N4O/c1-6(2)5-12-8(10)11-4-3-7(9)13/h6H,3-5H2,1-2H3,(H2,9,13)(H3,10,11,12). The topological polar surface area (TPSA) is 93.5 Å². The molecule has 13 heavy (non-hydrogen) atoms. The average Bonchev–Trinajstić information content (AvgIpc) is 2.00. The van der Waals surface area contributed by atoms with Gasteiger partial charge in [-0.2, -0.15) is 0 Å². The lowest BCUT2D eigenvalue weighted by atomic mass is 10.2. The molecular weight excluding hydrogens is 168 g/mol. The predicted octanol–water partition coefficient (Wildman–Crippen LogP) is -0.578. The van der Waals surface area contributed by atoms with Gasteiger partial charge in [-0.3, -0.25) is 9.79 Å². The molecule has 0 heterocycles. The minimum atomic E-state index is -0.343. The van der Waals surface area contributed by atoms with Crippen LogP contribution in [0.4, 0.5) is 0 Å². The first-order chi connectivity index (χ1) is 6.02. The maximum atomic E-state index is 10.3. The molecule has 0 aromatic carbocycles. The van der Waals surface area contributed by atoms with E-state index in [1.807, 2.05) is 0 Å². The Hall–Kier alpha value is -1.26. The van der Waals surface area contributed by atoms with Gasteiger partial charge in [-0.05, 0) is 5.92 Å². The molecule has 1 amide bonds. The molecule has 5 N–H and O–H groups in total. The number of guanidine groups is 1. The maximum absolute atomic E-state index is 10.3. The van der Waals surface area contributed by atoms with Crippen molar-refractivity contribution < 1.29 is 4.79 Å². The van der Waals surface area contributed by atoms with Crippen LogP contribution in [0, 0.1) is 5.92 Å². The van der Waals surface area contributed by atoms with Crippen molar-refractivity contribution in [3.8, 4) is 0 Å². The van der Waals surface area contributed by atoms with E-state index in [0.29, 0.717) is 25.0 Å². The molecule has 0 saturated carbocycles. The second-order valence-electron chi connectivity index (χ2n) is 3.26. The van der Waals surface area contributed by atoms with Crippen molar-refractivity contribution in [2.24, 2.45) is 22.4 Å². The van der Waals surface area contributed by atoms with Gasteiger partial charge in [0.1, 0.15) is 0 Å². The molecule has 76 valence electrons. The van der Waals surface area contributed by atoms with Gasteiger partial charge in [0.2, 0.25) is 5.91 Å². The molecule has 0 aromatic heterocycles. The largest absolute Gasteiger partial charge is 0.370 e. The number of carbonyl (C=O) groups is 1. The van der Waals surface area contributed by atoms with Crippen molar-refractivity contribution in [1.29, 1.82) is 0 Å². The van der Waals surface area contributed by atoms with E-state index in [1.54, 1.807) is 0 Å². The molecular formula is C8H18N4O. The SMILES string of the molecule is CC(C)CN=C(N)NCCC(N)=O. The van der Waals surface area contributed by atoms with Crippen molar-refractivity contribution in [1.82, 2.24) is 5.32 Å². The number of rotatable bonds is 5. The molecule has 0 spiro atoms. The van der Waals surface area contributed by atoms with E-state index in [1.165, 1.54) is 0 Å². The van der Waals surface area contributed by atoms with Crippen LogP contribution < -0.4 is 16.8 Å². The van der Waals surface area contributed by atoms with Gasteiger partial charge in [-0.25, -0.2) is 0 Å². The third-order valence-electron chi connectivity index (χ3n) is 1.30. The Morgan fingerprint density at radius 2 is 2.08 bits per heavy atom. The fourth-order valence-electron chi connectivity index (χ4n) is 0.651. The molecule has 0 aliphatic heterocycles. The average molecular weight is 186 g/mol. The summed E-state index contributed by atoms with van der Waals surface area (Å²) in [5.74, 6) is 0.510. The molecule has 0 unspecified atom stereocenters. The fraction of sp³-hybridized carbons (Fsp3) is 0.750. The number of carbonyl (C=O) groups excluding carboxylic acids is 1. The van der Waals surface area contributed by atoms with Crippen LogP contribution in [0.5, 0.6) is 0 Å². The fourth-order valence-corrected chi connectivity index (χ4v) is 0.651. The predicted molar refractivity (Wildman–Crippen MR) is 53.1 cm³/mol. The Labute approximate surface area is 78.6 Å². The second kappa shape index (κ2) is 6.28. The van der Waals surface area contributed by atoms with Crippen LogP contribution in [0.1, 0.15) is 20.3 Å². The van der Waals surface area contributed by atoms with Crippen molar-refractivity contribution in [3.05, 3.63) is 0 Å². The third kappa shape index (κ3) is 8.65. The van der Waals surface area contributed by atoms with Crippen molar-refractivity contribution in [3.63, 3.8) is 0 Å². The van der Waals surface area contributed by atoms with Crippen LogP contribution in [-0.4, -0.2) is 25.0 Å². The molecule has 0 aliphatic carbocycles. The Balaban J connectivity index is 3.55. The summed E-state index contributed by atoms with van der Waals surface area (Å²) in [7, 11) is 0. The summed E-state index contributed by atoms with van der Waals surface area (Å²) < 4.78 is 0. The number of hydrogen-bond acceptors (Lipinski definition) is 2. The molecule has 0 fully saturated rings. The number of primary amides is 1. The van der Waals surface area contributed by atoms with E-state index in [-0.39, 0.29) is 12.3 Å². The zero-order valence-electron chi connectivity index (χ0n) is 8.21. The smallest absolute Gasteiger partial charge is 0.219 e. The zero-order chi connectivity index (χ0) is 10.3. The van der Waals surface area contributed by atoms with Crippen LogP contribution in [0.25, 0.3) is 0 Å². The highest BCUT2D eigenvalue weighted by Gasteiger charge is 1.95. The monoisotopic (exact) mass is 186 g/mol. The zero-order valence-corrected chi connectivity index (χ0v) is 8.21. The van der Waals surface area contributed by atoms with Gasteiger partial charge in [0.25, 0.3) is 0 Å². The lowest BCUT2D eigenvalue weighted by Gasteiger charge is -2.04. The lowest BCUT2D eigenvalue weighted by molar-refractivity contribution is -0.117. The molecule has 0 saturated heterocycles. The summed E-state index contributed by atoms with van der Waals surface area (Å²) in [6.07, 6.45) is 0.276. The highest BCUT2D eigenvalue weighted by Crippen LogP contribution is 1.90. The summed E-state index contributed by atoms with van der Waals surface area (Å²) in [6, 6.07) is 0. The van der Waals surface area contributed by atoms with E-state index in [0.717, 1.165) is 0 Å². The van der Waals surface area contributed by atoms with Crippen LogP contribution in [0.3, 0.4) is 0 Å². The number of nitrogens with zero attached hydrogens (tertiary/aromatic N) is 1. The second-order valence-corrected chi connectivity index (χ2v) is 3.26. The highest BCUT2D eigenvalue weighted by atomic mass is 16.1. The number of hydrogen-bond donors (Lipinski definition) is 3.